The second kappa shape index (κ2) is 6.27. The lowest BCUT2D eigenvalue weighted by atomic mass is 9.97. The fraction of sp³-hybridized carbons (Fsp3) is 0.625. The summed E-state index contributed by atoms with van der Waals surface area (Å²) < 4.78 is 24.2. The maximum atomic E-state index is 12.1. The van der Waals surface area contributed by atoms with Crippen LogP contribution in [0.2, 0.25) is 0 Å². The minimum absolute atomic E-state index is 0.161. The highest BCUT2D eigenvalue weighted by molar-refractivity contribution is 7.91. The molecular formula is C16H25NO2S. The smallest absolute Gasteiger partial charge is 0.178 e. The van der Waals surface area contributed by atoms with Gasteiger partial charge in [0.25, 0.3) is 0 Å². The van der Waals surface area contributed by atoms with Gasteiger partial charge in [-0.3, -0.25) is 0 Å². The van der Waals surface area contributed by atoms with E-state index in [-0.39, 0.29) is 11.8 Å². The molecule has 1 aliphatic heterocycles. The summed E-state index contributed by atoms with van der Waals surface area (Å²) in [5.41, 5.74) is 0.940. The molecule has 112 valence electrons. The molecule has 0 fully saturated rings. The van der Waals surface area contributed by atoms with Crippen molar-refractivity contribution in [1.82, 2.24) is 5.32 Å². The molecule has 3 unspecified atom stereocenters. The first-order valence-corrected chi connectivity index (χ1v) is 9.17. The predicted molar refractivity (Wildman–Crippen MR) is 82.5 cm³/mol. The van der Waals surface area contributed by atoms with Gasteiger partial charge in [-0.25, -0.2) is 8.42 Å². The minimum atomic E-state index is -3.08. The molecule has 1 aromatic rings. The third-order valence-electron chi connectivity index (χ3n) is 4.24. The van der Waals surface area contributed by atoms with Crippen molar-refractivity contribution in [2.24, 2.45) is 5.92 Å². The molecule has 0 radical (unpaired) electrons. The quantitative estimate of drug-likeness (QED) is 0.906. The van der Waals surface area contributed by atoms with Gasteiger partial charge in [0, 0.05) is 12.1 Å². The Kier molecular flexibility index (Phi) is 4.86. The Morgan fingerprint density at radius 2 is 2.00 bits per heavy atom. The second-order valence-corrected chi connectivity index (χ2v) is 8.09. The van der Waals surface area contributed by atoms with Gasteiger partial charge in [-0.15, -0.1) is 0 Å². The van der Waals surface area contributed by atoms with Crippen molar-refractivity contribution in [2.45, 2.75) is 57.0 Å². The first kappa shape index (κ1) is 15.5. The molecule has 1 N–H and O–H groups in total. The summed E-state index contributed by atoms with van der Waals surface area (Å²) in [5, 5.41) is 3.61. The average Bonchev–Trinajstić information content (AvgIpc) is 2.42. The van der Waals surface area contributed by atoms with Crippen molar-refractivity contribution in [1.29, 1.82) is 0 Å². The number of rotatable bonds is 5. The molecule has 0 amide bonds. The second-order valence-electron chi connectivity index (χ2n) is 6.01. The SMILES string of the molecule is CCC(C)CC(C)NC1CCS(=O)(=O)c2ccccc21. The van der Waals surface area contributed by atoms with Gasteiger partial charge in [0.2, 0.25) is 0 Å². The maximum absolute atomic E-state index is 12.1. The summed E-state index contributed by atoms with van der Waals surface area (Å²) >= 11 is 0. The summed E-state index contributed by atoms with van der Waals surface area (Å²) in [5.74, 6) is 0.942. The van der Waals surface area contributed by atoms with Gasteiger partial charge in [0.05, 0.1) is 10.6 Å². The summed E-state index contributed by atoms with van der Waals surface area (Å²) in [6.07, 6.45) is 2.98. The molecule has 1 aliphatic rings. The molecule has 3 atom stereocenters. The average molecular weight is 295 g/mol. The molecule has 20 heavy (non-hydrogen) atoms. The molecule has 0 aromatic heterocycles. The highest BCUT2D eigenvalue weighted by Gasteiger charge is 2.30. The van der Waals surface area contributed by atoms with Crippen molar-refractivity contribution in [3.8, 4) is 0 Å². The third-order valence-corrected chi connectivity index (χ3v) is 6.06. The molecule has 2 rings (SSSR count). The van der Waals surface area contributed by atoms with Gasteiger partial charge in [-0.05, 0) is 37.3 Å². The van der Waals surface area contributed by atoms with Crippen LogP contribution in [-0.2, 0) is 9.84 Å². The van der Waals surface area contributed by atoms with E-state index < -0.39 is 9.84 Å². The lowest BCUT2D eigenvalue weighted by Gasteiger charge is -2.30. The largest absolute Gasteiger partial charge is 0.307 e. The number of benzene rings is 1. The summed E-state index contributed by atoms with van der Waals surface area (Å²) in [6, 6.07) is 7.98. The van der Waals surface area contributed by atoms with Gasteiger partial charge in [-0.1, -0.05) is 38.5 Å². The summed E-state index contributed by atoms with van der Waals surface area (Å²) in [4.78, 5) is 0.513. The van der Waals surface area contributed by atoms with Crippen LogP contribution < -0.4 is 5.32 Å². The Hall–Kier alpha value is -0.870. The molecule has 4 heteroatoms. The number of sulfone groups is 1. The van der Waals surface area contributed by atoms with Gasteiger partial charge in [0.15, 0.2) is 9.84 Å². The van der Waals surface area contributed by atoms with Gasteiger partial charge in [0.1, 0.15) is 0 Å². The Morgan fingerprint density at radius 3 is 2.70 bits per heavy atom. The number of hydrogen-bond donors (Lipinski definition) is 1. The molecule has 0 bridgehead atoms. The van der Waals surface area contributed by atoms with Crippen LogP contribution in [0.5, 0.6) is 0 Å². The normalized spacial score (nSPS) is 23.9. The van der Waals surface area contributed by atoms with Crippen LogP contribution in [0.15, 0.2) is 29.2 Å². The Morgan fingerprint density at radius 1 is 1.30 bits per heavy atom. The van der Waals surface area contributed by atoms with Crippen molar-refractivity contribution in [3.63, 3.8) is 0 Å². The van der Waals surface area contributed by atoms with Gasteiger partial charge in [-0.2, -0.15) is 0 Å². The van der Waals surface area contributed by atoms with E-state index in [1.54, 1.807) is 12.1 Å². The van der Waals surface area contributed by atoms with Crippen LogP contribution in [0.25, 0.3) is 0 Å². The number of fused-ring (bicyclic) bond motifs is 1. The van der Waals surface area contributed by atoms with E-state index in [1.807, 2.05) is 12.1 Å². The topological polar surface area (TPSA) is 46.2 Å². The summed E-state index contributed by atoms with van der Waals surface area (Å²) in [6.45, 7) is 6.66. The fourth-order valence-electron chi connectivity index (χ4n) is 2.94. The van der Waals surface area contributed by atoms with E-state index in [9.17, 15) is 8.42 Å². The predicted octanol–water partition coefficient (Wildman–Crippen LogP) is 3.32. The Bertz CT molecular complexity index is 553. The maximum Gasteiger partial charge on any atom is 0.178 e. The zero-order chi connectivity index (χ0) is 14.8. The first-order valence-electron chi connectivity index (χ1n) is 7.51. The molecule has 1 aromatic carbocycles. The van der Waals surface area contributed by atoms with Crippen LogP contribution in [0.4, 0.5) is 0 Å². The zero-order valence-electron chi connectivity index (χ0n) is 12.6. The van der Waals surface area contributed by atoms with Crippen LogP contribution in [0.1, 0.15) is 51.6 Å². The van der Waals surface area contributed by atoms with E-state index in [1.165, 1.54) is 6.42 Å². The monoisotopic (exact) mass is 295 g/mol. The first-order chi connectivity index (χ1) is 9.44. The highest BCUT2D eigenvalue weighted by atomic mass is 32.2. The van der Waals surface area contributed by atoms with Crippen LogP contribution in [-0.4, -0.2) is 20.2 Å². The van der Waals surface area contributed by atoms with Crippen LogP contribution in [0.3, 0.4) is 0 Å². The van der Waals surface area contributed by atoms with E-state index in [2.05, 4.69) is 26.1 Å². The van der Waals surface area contributed by atoms with E-state index in [0.717, 1.165) is 12.0 Å². The molecule has 0 saturated carbocycles. The molecule has 0 spiro atoms. The Balaban J connectivity index is 2.15. The standard InChI is InChI=1S/C16H25NO2S/c1-4-12(2)11-13(3)17-15-9-10-20(18,19)16-8-6-5-7-14(15)16/h5-8,12-13,15,17H,4,9-11H2,1-3H3. The third kappa shape index (κ3) is 3.41. The number of hydrogen-bond acceptors (Lipinski definition) is 3. The molecular weight excluding hydrogens is 270 g/mol. The van der Waals surface area contributed by atoms with E-state index in [0.29, 0.717) is 23.3 Å². The van der Waals surface area contributed by atoms with Gasteiger partial charge < -0.3 is 5.32 Å². The highest BCUT2D eigenvalue weighted by Crippen LogP contribution is 2.32. The van der Waals surface area contributed by atoms with Crippen molar-refractivity contribution >= 4 is 9.84 Å². The fourth-order valence-corrected chi connectivity index (χ4v) is 4.57. The van der Waals surface area contributed by atoms with Crippen LogP contribution in [0, 0.1) is 5.92 Å². The molecule has 3 nitrogen and oxygen atoms in total. The molecule has 0 saturated heterocycles. The Labute approximate surface area is 122 Å². The molecule has 0 aliphatic carbocycles. The summed E-state index contributed by atoms with van der Waals surface area (Å²) in [7, 11) is -3.08. The van der Waals surface area contributed by atoms with Crippen molar-refractivity contribution in [3.05, 3.63) is 29.8 Å². The van der Waals surface area contributed by atoms with E-state index >= 15 is 0 Å². The van der Waals surface area contributed by atoms with Crippen molar-refractivity contribution in [2.75, 3.05) is 5.75 Å². The minimum Gasteiger partial charge on any atom is -0.307 e. The lowest BCUT2D eigenvalue weighted by Crippen LogP contribution is -2.36. The van der Waals surface area contributed by atoms with Gasteiger partial charge >= 0.3 is 0 Å². The zero-order valence-corrected chi connectivity index (χ0v) is 13.4. The number of nitrogens with one attached hydrogen (secondary N) is 1. The molecule has 1 heterocycles. The van der Waals surface area contributed by atoms with E-state index in [4.69, 9.17) is 0 Å². The van der Waals surface area contributed by atoms with Crippen molar-refractivity contribution < 1.29 is 8.42 Å². The van der Waals surface area contributed by atoms with Crippen LogP contribution >= 0.6 is 0 Å². The lowest BCUT2D eigenvalue weighted by molar-refractivity contribution is 0.365.